The molecule has 0 aliphatic rings. The van der Waals surface area contributed by atoms with Crippen molar-refractivity contribution in [3.05, 3.63) is 69.5 Å². The highest BCUT2D eigenvalue weighted by Gasteiger charge is 2.19. The van der Waals surface area contributed by atoms with Gasteiger partial charge in [-0.15, -0.1) is 11.3 Å². The number of benzene rings is 1. The van der Waals surface area contributed by atoms with Crippen LogP contribution in [0.15, 0.2) is 45.1 Å². The van der Waals surface area contributed by atoms with Crippen LogP contribution < -0.4 is 10.9 Å². The van der Waals surface area contributed by atoms with Gasteiger partial charge in [0.25, 0.3) is 5.56 Å². The number of aromatic nitrogens is 2. The number of H-pyrrole nitrogens is 1. The first kappa shape index (κ1) is 22.7. The Morgan fingerprint density at radius 2 is 2.06 bits per heavy atom. The number of hydrogen-bond acceptors (Lipinski definition) is 6. The molecule has 0 atom stereocenters. The van der Waals surface area contributed by atoms with Crippen LogP contribution in [0.5, 0.6) is 0 Å². The summed E-state index contributed by atoms with van der Waals surface area (Å²) in [5, 5.41) is 4.47. The molecule has 0 aliphatic carbocycles. The first-order valence-electron chi connectivity index (χ1n) is 10.1. The maximum Gasteiger partial charge on any atom is 0.260 e. The Hall–Kier alpha value is -3.44. The number of furan rings is 1. The van der Waals surface area contributed by atoms with Crippen molar-refractivity contribution in [3.63, 3.8) is 0 Å². The number of aromatic amines is 1. The van der Waals surface area contributed by atoms with Gasteiger partial charge in [0, 0.05) is 10.9 Å². The van der Waals surface area contributed by atoms with Crippen LogP contribution in [-0.4, -0.2) is 33.9 Å². The van der Waals surface area contributed by atoms with E-state index in [1.165, 1.54) is 17.6 Å². The van der Waals surface area contributed by atoms with Gasteiger partial charge in [0.2, 0.25) is 5.91 Å². The van der Waals surface area contributed by atoms with Gasteiger partial charge in [0.15, 0.2) is 17.5 Å². The summed E-state index contributed by atoms with van der Waals surface area (Å²) in [6, 6.07) is 5.18. The molecule has 0 bridgehead atoms. The lowest BCUT2D eigenvalue weighted by Crippen LogP contribution is -2.34. The zero-order valence-corrected chi connectivity index (χ0v) is 18.3. The number of halogens is 3. The van der Waals surface area contributed by atoms with Crippen LogP contribution in [0.2, 0.25) is 0 Å². The number of carbonyl (C=O) groups excluding carboxylic acids is 1. The molecular weight excluding hydrogens is 457 g/mol. The average Bonchev–Trinajstić information content (AvgIpc) is 3.44. The number of fused-ring (bicyclic) bond motifs is 1. The minimum atomic E-state index is -1.65. The number of carbonyl (C=O) groups is 1. The van der Waals surface area contributed by atoms with Gasteiger partial charge in [0.05, 0.1) is 30.4 Å². The topological polar surface area (TPSA) is 91.2 Å². The van der Waals surface area contributed by atoms with Crippen LogP contribution >= 0.6 is 11.3 Å². The minimum absolute atomic E-state index is 0.153. The lowest BCUT2D eigenvalue weighted by molar-refractivity contribution is -0.117. The highest BCUT2D eigenvalue weighted by molar-refractivity contribution is 7.17. The summed E-state index contributed by atoms with van der Waals surface area (Å²) in [7, 11) is 0. The summed E-state index contributed by atoms with van der Waals surface area (Å²) in [5.74, 6) is -4.15. The predicted molar refractivity (Wildman–Crippen MR) is 118 cm³/mol. The monoisotopic (exact) mass is 476 g/mol. The van der Waals surface area contributed by atoms with Crippen molar-refractivity contribution >= 4 is 33.1 Å². The largest absolute Gasteiger partial charge is 0.464 e. The Labute approximate surface area is 189 Å². The Balaban J connectivity index is 1.51. The molecule has 0 radical (unpaired) electrons. The number of nitrogens with zero attached hydrogens (tertiary/aromatic N) is 2. The average molecular weight is 476 g/mol. The Morgan fingerprint density at radius 1 is 1.24 bits per heavy atom. The van der Waals surface area contributed by atoms with Gasteiger partial charge in [-0.05, 0) is 37.2 Å². The van der Waals surface area contributed by atoms with Crippen molar-refractivity contribution in [2.75, 3.05) is 18.4 Å². The van der Waals surface area contributed by atoms with E-state index in [0.717, 1.165) is 12.1 Å². The van der Waals surface area contributed by atoms with Gasteiger partial charge in [-0.2, -0.15) is 0 Å². The van der Waals surface area contributed by atoms with Crippen molar-refractivity contribution in [1.29, 1.82) is 0 Å². The summed E-state index contributed by atoms with van der Waals surface area (Å²) in [6.45, 7) is 2.38. The molecule has 3 heterocycles. The standard InChI is InChI=1S/C22H19F3N4O3S/c1-2-7-29(10-17(30)26-14-6-5-13(23)19(24)20(14)25)9-16-27-21(31)18-12(11-33-22(18)28-16)15-4-3-8-32-15/h3-6,8,11H,2,7,9-10H2,1H3,(H,26,30)(H,27,28,31). The molecule has 7 nitrogen and oxygen atoms in total. The maximum absolute atomic E-state index is 13.9. The summed E-state index contributed by atoms with van der Waals surface area (Å²) in [4.78, 5) is 34.7. The van der Waals surface area contributed by atoms with E-state index < -0.39 is 29.0 Å². The van der Waals surface area contributed by atoms with Gasteiger partial charge in [-0.25, -0.2) is 18.2 Å². The van der Waals surface area contributed by atoms with Gasteiger partial charge in [0.1, 0.15) is 16.4 Å². The summed E-state index contributed by atoms with van der Waals surface area (Å²) < 4.78 is 45.7. The molecule has 2 N–H and O–H groups in total. The third kappa shape index (κ3) is 4.83. The van der Waals surface area contributed by atoms with E-state index in [0.29, 0.717) is 40.3 Å². The van der Waals surface area contributed by atoms with E-state index in [1.807, 2.05) is 6.92 Å². The van der Waals surface area contributed by atoms with E-state index >= 15 is 0 Å². The number of thiophene rings is 1. The van der Waals surface area contributed by atoms with E-state index in [9.17, 15) is 22.8 Å². The molecule has 4 rings (SSSR count). The van der Waals surface area contributed by atoms with Crippen molar-refractivity contribution in [3.8, 4) is 11.3 Å². The van der Waals surface area contributed by atoms with Crippen LogP contribution in [0.3, 0.4) is 0 Å². The highest BCUT2D eigenvalue weighted by Crippen LogP contribution is 2.31. The fraction of sp³-hybridized carbons (Fsp3) is 0.227. The number of amides is 1. The zero-order chi connectivity index (χ0) is 23.5. The van der Waals surface area contributed by atoms with E-state index in [1.54, 1.807) is 22.4 Å². The molecule has 0 fully saturated rings. The Bertz CT molecular complexity index is 1350. The molecule has 0 spiro atoms. The summed E-state index contributed by atoms with van der Waals surface area (Å²) in [6.07, 6.45) is 2.22. The van der Waals surface area contributed by atoms with Gasteiger partial charge in [-0.3, -0.25) is 14.5 Å². The zero-order valence-electron chi connectivity index (χ0n) is 17.5. The smallest absolute Gasteiger partial charge is 0.260 e. The van der Waals surface area contributed by atoms with Gasteiger partial charge >= 0.3 is 0 Å². The Morgan fingerprint density at radius 3 is 2.79 bits per heavy atom. The van der Waals surface area contributed by atoms with Crippen LogP contribution in [0.1, 0.15) is 19.2 Å². The van der Waals surface area contributed by atoms with Crippen LogP contribution in [0, 0.1) is 17.5 Å². The number of anilines is 1. The molecule has 1 aromatic carbocycles. The number of hydrogen-bond donors (Lipinski definition) is 2. The van der Waals surface area contributed by atoms with E-state index in [-0.39, 0.29) is 18.6 Å². The molecular formula is C22H19F3N4O3S. The molecule has 172 valence electrons. The second-order valence-corrected chi connectivity index (χ2v) is 8.16. The molecule has 33 heavy (non-hydrogen) atoms. The first-order valence-corrected chi connectivity index (χ1v) is 10.9. The highest BCUT2D eigenvalue weighted by atomic mass is 32.1. The van der Waals surface area contributed by atoms with Crippen molar-refractivity contribution in [2.45, 2.75) is 19.9 Å². The fourth-order valence-electron chi connectivity index (χ4n) is 3.44. The van der Waals surface area contributed by atoms with Gasteiger partial charge < -0.3 is 14.7 Å². The molecule has 1 amide bonds. The third-order valence-electron chi connectivity index (χ3n) is 4.87. The lowest BCUT2D eigenvalue weighted by atomic mass is 10.2. The summed E-state index contributed by atoms with van der Waals surface area (Å²) in [5.41, 5.74) is -0.126. The van der Waals surface area contributed by atoms with Crippen LogP contribution in [-0.2, 0) is 11.3 Å². The maximum atomic E-state index is 13.9. The number of rotatable bonds is 8. The second kappa shape index (κ2) is 9.59. The SMILES string of the molecule is CCCN(CC(=O)Nc1ccc(F)c(F)c1F)Cc1nc2scc(-c3ccco3)c2c(=O)[nH]1. The molecule has 0 saturated heterocycles. The minimum Gasteiger partial charge on any atom is -0.464 e. The van der Waals surface area contributed by atoms with Crippen molar-refractivity contribution < 1.29 is 22.4 Å². The molecule has 0 unspecified atom stereocenters. The molecule has 3 aromatic heterocycles. The predicted octanol–water partition coefficient (Wildman–Crippen LogP) is 4.51. The molecule has 11 heteroatoms. The third-order valence-corrected chi connectivity index (χ3v) is 5.74. The second-order valence-electron chi connectivity index (χ2n) is 7.30. The molecule has 0 saturated carbocycles. The summed E-state index contributed by atoms with van der Waals surface area (Å²) >= 11 is 1.30. The first-order chi connectivity index (χ1) is 15.9. The van der Waals surface area contributed by atoms with Crippen molar-refractivity contribution in [1.82, 2.24) is 14.9 Å². The quantitative estimate of drug-likeness (QED) is 0.365. The molecule has 0 aliphatic heterocycles. The fourth-order valence-corrected chi connectivity index (χ4v) is 4.39. The van der Waals surface area contributed by atoms with Crippen LogP contribution in [0.4, 0.5) is 18.9 Å². The van der Waals surface area contributed by atoms with Crippen molar-refractivity contribution in [2.24, 2.45) is 0 Å². The van der Waals surface area contributed by atoms with Crippen LogP contribution in [0.25, 0.3) is 21.5 Å². The Kier molecular flexibility index (Phi) is 6.61. The van der Waals surface area contributed by atoms with E-state index in [2.05, 4.69) is 15.3 Å². The van der Waals surface area contributed by atoms with Gasteiger partial charge in [-0.1, -0.05) is 6.92 Å². The lowest BCUT2D eigenvalue weighted by Gasteiger charge is -2.20. The number of nitrogens with one attached hydrogen (secondary N) is 2. The van der Waals surface area contributed by atoms with E-state index in [4.69, 9.17) is 4.42 Å². The molecule has 4 aromatic rings. The normalized spacial score (nSPS) is 11.4.